The van der Waals surface area contributed by atoms with Gasteiger partial charge < -0.3 is 15.0 Å². The summed E-state index contributed by atoms with van der Waals surface area (Å²) in [4.78, 5) is 22.2. The standard InChI is InChI=1S/C17H17F3N4O2/c1-21-16(25)12-6-7-24(9-12)15-8-14(22-10-23-15)11-2-4-13(5-3-11)26-17(18,19)20/h2-5,8,10,12H,6-7,9H2,1H3,(H,21,25). The SMILES string of the molecule is CNC(=O)C1CCN(c2cc(-c3ccc(OC(F)(F)F)cc3)ncn2)C1. The normalized spacial score (nSPS) is 17.2. The molecule has 0 bridgehead atoms. The van der Waals surface area contributed by atoms with Crippen LogP contribution in [-0.2, 0) is 4.79 Å². The van der Waals surface area contributed by atoms with Gasteiger partial charge in [-0.3, -0.25) is 4.79 Å². The summed E-state index contributed by atoms with van der Waals surface area (Å²) in [6.45, 7) is 1.27. The number of anilines is 1. The van der Waals surface area contributed by atoms with Gasteiger partial charge in [0.15, 0.2) is 0 Å². The number of hydrogen-bond donors (Lipinski definition) is 1. The molecule has 0 radical (unpaired) electrons. The smallest absolute Gasteiger partial charge is 0.406 e. The Bertz CT molecular complexity index is 780. The number of ether oxygens (including phenoxy) is 1. The van der Waals surface area contributed by atoms with Crippen LogP contribution in [0.1, 0.15) is 6.42 Å². The topological polar surface area (TPSA) is 67.4 Å². The van der Waals surface area contributed by atoms with Crippen molar-refractivity contribution in [3.63, 3.8) is 0 Å². The highest BCUT2D eigenvalue weighted by molar-refractivity contribution is 5.79. The van der Waals surface area contributed by atoms with E-state index in [2.05, 4.69) is 20.0 Å². The van der Waals surface area contributed by atoms with Crippen molar-refractivity contribution in [1.29, 1.82) is 0 Å². The molecule has 1 aromatic heterocycles. The number of aromatic nitrogens is 2. The molecule has 1 fully saturated rings. The molecule has 1 amide bonds. The second-order valence-corrected chi connectivity index (χ2v) is 5.88. The molecule has 138 valence electrons. The lowest BCUT2D eigenvalue weighted by molar-refractivity contribution is -0.274. The molecular weight excluding hydrogens is 349 g/mol. The van der Waals surface area contributed by atoms with Crippen LogP contribution in [0, 0.1) is 5.92 Å². The van der Waals surface area contributed by atoms with Crippen LogP contribution in [0.4, 0.5) is 19.0 Å². The molecular formula is C17H17F3N4O2. The molecule has 2 aromatic rings. The van der Waals surface area contributed by atoms with E-state index in [0.717, 1.165) is 6.42 Å². The Labute approximate surface area is 148 Å². The van der Waals surface area contributed by atoms with Gasteiger partial charge in [0.05, 0.1) is 11.6 Å². The van der Waals surface area contributed by atoms with Crippen LogP contribution in [0.25, 0.3) is 11.3 Å². The molecule has 26 heavy (non-hydrogen) atoms. The van der Waals surface area contributed by atoms with E-state index in [-0.39, 0.29) is 17.6 Å². The number of carbonyl (C=O) groups excluding carboxylic acids is 1. The number of nitrogens with one attached hydrogen (secondary N) is 1. The fourth-order valence-corrected chi connectivity index (χ4v) is 2.89. The summed E-state index contributed by atoms with van der Waals surface area (Å²) in [6, 6.07) is 7.24. The first-order valence-corrected chi connectivity index (χ1v) is 8.00. The Morgan fingerprint density at radius 3 is 2.65 bits per heavy atom. The van der Waals surface area contributed by atoms with E-state index in [9.17, 15) is 18.0 Å². The van der Waals surface area contributed by atoms with Crippen LogP contribution in [0.15, 0.2) is 36.7 Å². The maximum atomic E-state index is 12.2. The Morgan fingerprint density at radius 1 is 1.27 bits per heavy atom. The minimum atomic E-state index is -4.72. The molecule has 1 unspecified atom stereocenters. The number of carbonyl (C=O) groups is 1. The zero-order chi connectivity index (χ0) is 18.7. The van der Waals surface area contributed by atoms with E-state index in [1.807, 2.05) is 4.90 Å². The first kappa shape index (κ1) is 18.0. The Kier molecular flexibility index (Phi) is 4.97. The largest absolute Gasteiger partial charge is 0.573 e. The lowest BCUT2D eigenvalue weighted by atomic mass is 10.1. The summed E-state index contributed by atoms with van der Waals surface area (Å²) >= 11 is 0. The van der Waals surface area contributed by atoms with Crippen LogP contribution >= 0.6 is 0 Å². The van der Waals surface area contributed by atoms with Crippen LogP contribution in [0.5, 0.6) is 5.75 Å². The number of amides is 1. The molecule has 2 heterocycles. The Hall–Kier alpha value is -2.84. The second kappa shape index (κ2) is 7.19. The van der Waals surface area contributed by atoms with Gasteiger partial charge in [-0.15, -0.1) is 13.2 Å². The summed E-state index contributed by atoms with van der Waals surface area (Å²) in [6.07, 6.45) is -2.58. The molecule has 0 saturated carbocycles. The molecule has 1 aromatic carbocycles. The third-order valence-corrected chi connectivity index (χ3v) is 4.17. The van der Waals surface area contributed by atoms with Crippen molar-refractivity contribution in [2.24, 2.45) is 5.92 Å². The lowest BCUT2D eigenvalue weighted by Crippen LogP contribution is -2.30. The zero-order valence-corrected chi connectivity index (χ0v) is 14.0. The minimum absolute atomic E-state index is 0.00188. The fraction of sp³-hybridized carbons (Fsp3) is 0.353. The average Bonchev–Trinajstić information content (AvgIpc) is 3.11. The first-order valence-electron chi connectivity index (χ1n) is 8.00. The Balaban J connectivity index is 1.74. The van der Waals surface area contributed by atoms with Gasteiger partial charge in [-0.1, -0.05) is 0 Å². The molecule has 1 aliphatic heterocycles. The Morgan fingerprint density at radius 2 is 2.00 bits per heavy atom. The molecule has 1 atom stereocenters. The van der Waals surface area contributed by atoms with Gasteiger partial charge in [0.25, 0.3) is 0 Å². The third kappa shape index (κ3) is 4.22. The van der Waals surface area contributed by atoms with E-state index < -0.39 is 6.36 Å². The molecule has 0 aliphatic carbocycles. The summed E-state index contributed by atoms with van der Waals surface area (Å²) < 4.78 is 40.5. The molecule has 9 heteroatoms. The molecule has 1 aliphatic rings. The highest BCUT2D eigenvalue weighted by atomic mass is 19.4. The van der Waals surface area contributed by atoms with Crippen molar-refractivity contribution in [1.82, 2.24) is 15.3 Å². The van der Waals surface area contributed by atoms with Crippen molar-refractivity contribution in [3.8, 4) is 17.0 Å². The molecule has 3 rings (SSSR count). The van der Waals surface area contributed by atoms with Gasteiger partial charge >= 0.3 is 6.36 Å². The highest BCUT2D eigenvalue weighted by Gasteiger charge is 2.31. The number of halogens is 3. The van der Waals surface area contributed by atoms with E-state index in [1.54, 1.807) is 13.1 Å². The van der Waals surface area contributed by atoms with Crippen molar-refractivity contribution >= 4 is 11.7 Å². The number of hydrogen-bond acceptors (Lipinski definition) is 5. The van der Waals surface area contributed by atoms with E-state index in [1.165, 1.54) is 30.6 Å². The van der Waals surface area contributed by atoms with Gasteiger partial charge in [-0.25, -0.2) is 9.97 Å². The van der Waals surface area contributed by atoms with Crippen molar-refractivity contribution < 1.29 is 22.7 Å². The molecule has 0 spiro atoms. The monoisotopic (exact) mass is 366 g/mol. The summed E-state index contributed by atoms with van der Waals surface area (Å²) in [5.41, 5.74) is 1.22. The summed E-state index contributed by atoms with van der Waals surface area (Å²) in [7, 11) is 1.61. The highest BCUT2D eigenvalue weighted by Crippen LogP contribution is 2.28. The molecule has 1 saturated heterocycles. The maximum absolute atomic E-state index is 12.2. The van der Waals surface area contributed by atoms with Crippen LogP contribution in [0.3, 0.4) is 0 Å². The molecule has 6 nitrogen and oxygen atoms in total. The summed E-state index contributed by atoms with van der Waals surface area (Å²) in [5.74, 6) is 0.305. The molecule has 1 N–H and O–H groups in total. The predicted octanol–water partition coefficient (Wildman–Crippen LogP) is 2.61. The lowest BCUT2D eigenvalue weighted by Gasteiger charge is -2.17. The predicted molar refractivity (Wildman–Crippen MR) is 88.5 cm³/mol. The number of alkyl halides is 3. The summed E-state index contributed by atoms with van der Waals surface area (Å²) in [5, 5.41) is 2.65. The second-order valence-electron chi connectivity index (χ2n) is 5.88. The first-order chi connectivity index (χ1) is 12.4. The van der Waals surface area contributed by atoms with Gasteiger partial charge in [0.2, 0.25) is 5.91 Å². The van der Waals surface area contributed by atoms with Crippen LogP contribution < -0.4 is 15.0 Å². The van der Waals surface area contributed by atoms with E-state index in [4.69, 9.17) is 0 Å². The van der Waals surface area contributed by atoms with Crippen molar-refractivity contribution in [3.05, 3.63) is 36.7 Å². The number of benzene rings is 1. The van der Waals surface area contributed by atoms with Crippen LogP contribution in [0.2, 0.25) is 0 Å². The number of nitrogens with zero attached hydrogens (tertiary/aromatic N) is 3. The van der Waals surface area contributed by atoms with Crippen molar-refractivity contribution in [2.75, 3.05) is 25.0 Å². The van der Waals surface area contributed by atoms with Crippen LogP contribution in [-0.4, -0.2) is 42.4 Å². The third-order valence-electron chi connectivity index (χ3n) is 4.17. The number of rotatable bonds is 4. The average molecular weight is 366 g/mol. The van der Waals surface area contributed by atoms with Crippen molar-refractivity contribution in [2.45, 2.75) is 12.8 Å². The zero-order valence-electron chi connectivity index (χ0n) is 14.0. The maximum Gasteiger partial charge on any atom is 0.573 e. The van der Waals surface area contributed by atoms with E-state index in [0.29, 0.717) is 30.2 Å². The van der Waals surface area contributed by atoms with Gasteiger partial charge in [0, 0.05) is 31.8 Å². The fourth-order valence-electron chi connectivity index (χ4n) is 2.89. The minimum Gasteiger partial charge on any atom is -0.406 e. The quantitative estimate of drug-likeness (QED) is 0.901. The van der Waals surface area contributed by atoms with Gasteiger partial charge in [-0.05, 0) is 30.7 Å². The van der Waals surface area contributed by atoms with E-state index >= 15 is 0 Å². The van der Waals surface area contributed by atoms with Gasteiger partial charge in [-0.2, -0.15) is 0 Å². The van der Waals surface area contributed by atoms with Gasteiger partial charge in [0.1, 0.15) is 17.9 Å².